The third-order valence-electron chi connectivity index (χ3n) is 5.40. The third-order valence-corrected chi connectivity index (χ3v) is 5.40. The van der Waals surface area contributed by atoms with Crippen LogP contribution in [0.5, 0.6) is 0 Å². The van der Waals surface area contributed by atoms with E-state index >= 15 is 0 Å². The van der Waals surface area contributed by atoms with Gasteiger partial charge < -0.3 is 10.6 Å². The van der Waals surface area contributed by atoms with Gasteiger partial charge in [-0.2, -0.15) is 0 Å². The first kappa shape index (κ1) is 16.8. The lowest BCUT2D eigenvalue weighted by Gasteiger charge is -2.44. The number of piperazine rings is 1. The number of nitrogens with two attached hydrogens (primary N) is 1. The normalized spacial score (nSPS) is 23.7. The lowest BCUT2D eigenvalue weighted by molar-refractivity contribution is -0.138. The van der Waals surface area contributed by atoms with Crippen LogP contribution in [0.4, 0.5) is 0 Å². The summed E-state index contributed by atoms with van der Waals surface area (Å²) in [5.74, 6) is 0.710. The molecule has 0 aromatic heterocycles. The maximum absolute atomic E-state index is 12.7. The average Bonchev–Trinajstić information content (AvgIpc) is 2.46. The summed E-state index contributed by atoms with van der Waals surface area (Å²) >= 11 is 0. The number of rotatable bonds is 3. The second kappa shape index (κ2) is 7.59. The highest BCUT2D eigenvalue weighted by Gasteiger charge is 2.32. The van der Waals surface area contributed by atoms with Crippen LogP contribution in [0.3, 0.4) is 0 Å². The Morgan fingerprint density at radius 1 is 1.00 bits per heavy atom. The van der Waals surface area contributed by atoms with Gasteiger partial charge in [0, 0.05) is 44.2 Å². The van der Waals surface area contributed by atoms with Gasteiger partial charge in [0.1, 0.15) is 0 Å². The van der Waals surface area contributed by atoms with Gasteiger partial charge in [0.25, 0.3) is 0 Å². The van der Waals surface area contributed by atoms with E-state index in [0.717, 1.165) is 39.0 Å². The summed E-state index contributed by atoms with van der Waals surface area (Å²) in [6.07, 6.45) is 8.64. The molecule has 0 bridgehead atoms. The van der Waals surface area contributed by atoms with Gasteiger partial charge in [0.15, 0.2) is 0 Å². The van der Waals surface area contributed by atoms with Crippen LogP contribution < -0.4 is 5.73 Å². The summed E-state index contributed by atoms with van der Waals surface area (Å²) < 4.78 is 0. The Bertz CT molecular complexity index is 327. The number of amides is 1. The van der Waals surface area contributed by atoms with Crippen molar-refractivity contribution in [1.82, 2.24) is 9.80 Å². The minimum Gasteiger partial charge on any atom is -0.340 e. The van der Waals surface area contributed by atoms with Crippen LogP contribution >= 0.6 is 0 Å². The molecule has 2 fully saturated rings. The monoisotopic (exact) mass is 295 g/mol. The van der Waals surface area contributed by atoms with E-state index in [1.807, 2.05) is 0 Å². The highest BCUT2D eigenvalue weighted by atomic mass is 16.2. The first-order valence-electron chi connectivity index (χ1n) is 8.78. The molecule has 4 heteroatoms. The molecule has 0 atom stereocenters. The number of hydrogen-bond acceptors (Lipinski definition) is 3. The molecule has 0 aromatic rings. The fourth-order valence-electron chi connectivity index (χ4n) is 3.62. The number of carbonyl (C=O) groups excluding carboxylic acids is 1. The SMILES string of the molecule is CC(C)(CN)N1CCN(C(=O)C2CCCCCCC2)CC1. The summed E-state index contributed by atoms with van der Waals surface area (Å²) in [7, 11) is 0. The Hall–Kier alpha value is -0.610. The predicted molar refractivity (Wildman–Crippen MR) is 87.1 cm³/mol. The highest BCUT2D eigenvalue weighted by Crippen LogP contribution is 2.25. The molecule has 1 heterocycles. The van der Waals surface area contributed by atoms with Crippen molar-refractivity contribution in [3.8, 4) is 0 Å². The molecule has 1 aliphatic carbocycles. The van der Waals surface area contributed by atoms with Crippen LogP contribution in [-0.2, 0) is 4.79 Å². The molecule has 1 amide bonds. The van der Waals surface area contributed by atoms with E-state index in [1.165, 1.54) is 32.1 Å². The predicted octanol–water partition coefficient (Wildman–Crippen LogP) is 2.23. The topological polar surface area (TPSA) is 49.6 Å². The second-order valence-electron chi connectivity index (χ2n) is 7.37. The van der Waals surface area contributed by atoms with Gasteiger partial charge in [-0.3, -0.25) is 9.69 Å². The number of hydrogen-bond donors (Lipinski definition) is 1. The number of nitrogens with zero attached hydrogens (tertiary/aromatic N) is 2. The zero-order valence-electron chi connectivity index (χ0n) is 13.9. The molecule has 2 aliphatic rings. The molecular formula is C17H33N3O. The molecule has 122 valence electrons. The van der Waals surface area contributed by atoms with Gasteiger partial charge in [-0.1, -0.05) is 32.1 Å². The third kappa shape index (κ3) is 4.43. The molecule has 0 aromatic carbocycles. The maximum atomic E-state index is 12.7. The summed E-state index contributed by atoms with van der Waals surface area (Å²) in [4.78, 5) is 17.3. The van der Waals surface area contributed by atoms with Gasteiger partial charge in [-0.15, -0.1) is 0 Å². The summed E-state index contributed by atoms with van der Waals surface area (Å²) in [5.41, 5.74) is 5.91. The average molecular weight is 295 g/mol. The Kier molecular flexibility index (Phi) is 6.06. The highest BCUT2D eigenvalue weighted by molar-refractivity contribution is 5.79. The zero-order valence-corrected chi connectivity index (χ0v) is 13.9. The molecule has 2 rings (SSSR count). The largest absolute Gasteiger partial charge is 0.340 e. The van der Waals surface area contributed by atoms with E-state index < -0.39 is 0 Å². The van der Waals surface area contributed by atoms with Crippen molar-refractivity contribution in [1.29, 1.82) is 0 Å². The minimum atomic E-state index is 0.0510. The van der Waals surface area contributed by atoms with Crippen LogP contribution in [-0.4, -0.2) is 54.0 Å². The fraction of sp³-hybridized carbons (Fsp3) is 0.941. The molecule has 0 radical (unpaired) electrons. The lowest BCUT2D eigenvalue weighted by atomic mass is 9.90. The first-order chi connectivity index (χ1) is 10.0. The molecule has 0 spiro atoms. The maximum Gasteiger partial charge on any atom is 0.225 e. The van der Waals surface area contributed by atoms with E-state index in [1.54, 1.807) is 0 Å². The molecule has 1 saturated heterocycles. The quantitative estimate of drug-likeness (QED) is 0.868. The summed E-state index contributed by atoms with van der Waals surface area (Å²) in [6, 6.07) is 0. The van der Waals surface area contributed by atoms with Gasteiger partial charge in [0.2, 0.25) is 5.91 Å². The van der Waals surface area contributed by atoms with Crippen LogP contribution in [0.1, 0.15) is 58.8 Å². The molecule has 0 unspecified atom stereocenters. The Morgan fingerprint density at radius 2 is 1.52 bits per heavy atom. The molecular weight excluding hydrogens is 262 g/mol. The van der Waals surface area contributed by atoms with Gasteiger partial charge in [-0.05, 0) is 26.7 Å². The van der Waals surface area contributed by atoms with E-state index in [-0.39, 0.29) is 5.54 Å². The van der Waals surface area contributed by atoms with Gasteiger partial charge in [-0.25, -0.2) is 0 Å². The van der Waals surface area contributed by atoms with Crippen molar-refractivity contribution in [2.45, 2.75) is 64.3 Å². The van der Waals surface area contributed by atoms with Crippen molar-refractivity contribution in [3.63, 3.8) is 0 Å². The molecule has 1 saturated carbocycles. The standard InChI is InChI=1S/C17H33N3O/c1-17(2,14-18)20-12-10-19(11-13-20)16(21)15-8-6-4-3-5-7-9-15/h15H,3-14,18H2,1-2H3. The van der Waals surface area contributed by atoms with Gasteiger partial charge >= 0.3 is 0 Å². The van der Waals surface area contributed by atoms with Crippen LogP contribution in [0.15, 0.2) is 0 Å². The van der Waals surface area contributed by atoms with Crippen LogP contribution in [0.25, 0.3) is 0 Å². The van der Waals surface area contributed by atoms with E-state index in [0.29, 0.717) is 18.4 Å². The summed E-state index contributed by atoms with van der Waals surface area (Å²) in [5, 5.41) is 0. The van der Waals surface area contributed by atoms with Crippen LogP contribution in [0.2, 0.25) is 0 Å². The van der Waals surface area contributed by atoms with Gasteiger partial charge in [0.05, 0.1) is 0 Å². The van der Waals surface area contributed by atoms with E-state index in [2.05, 4.69) is 23.6 Å². The zero-order chi connectivity index (χ0) is 15.3. The van der Waals surface area contributed by atoms with Crippen molar-refractivity contribution >= 4 is 5.91 Å². The Labute approximate surface area is 130 Å². The van der Waals surface area contributed by atoms with Crippen molar-refractivity contribution in [2.24, 2.45) is 11.7 Å². The molecule has 2 N–H and O–H groups in total. The van der Waals surface area contributed by atoms with Crippen LogP contribution in [0, 0.1) is 5.92 Å². The first-order valence-corrected chi connectivity index (χ1v) is 8.78. The van der Waals surface area contributed by atoms with E-state index in [9.17, 15) is 4.79 Å². The molecule has 4 nitrogen and oxygen atoms in total. The second-order valence-corrected chi connectivity index (χ2v) is 7.37. The van der Waals surface area contributed by atoms with Crippen molar-refractivity contribution in [2.75, 3.05) is 32.7 Å². The Morgan fingerprint density at radius 3 is 2.05 bits per heavy atom. The van der Waals surface area contributed by atoms with Crippen molar-refractivity contribution < 1.29 is 4.79 Å². The number of carbonyl (C=O) groups is 1. The minimum absolute atomic E-state index is 0.0510. The molecule has 21 heavy (non-hydrogen) atoms. The lowest BCUT2D eigenvalue weighted by Crippen LogP contribution is -2.58. The fourth-order valence-corrected chi connectivity index (χ4v) is 3.62. The molecule has 1 aliphatic heterocycles. The summed E-state index contributed by atoms with van der Waals surface area (Å²) in [6.45, 7) is 8.73. The smallest absolute Gasteiger partial charge is 0.225 e. The van der Waals surface area contributed by atoms with Crippen molar-refractivity contribution in [3.05, 3.63) is 0 Å². The van der Waals surface area contributed by atoms with E-state index in [4.69, 9.17) is 5.73 Å². The Balaban J connectivity index is 1.84.